The molecule has 0 bridgehead atoms. The second kappa shape index (κ2) is 6.05. The SMILES string of the molecule is Cc1c(S(=O)(=O)N2C[C@@H]3CCCN3C(=O)[C@@H]2C)sc2ccc(C#N)cc12. The van der Waals surface area contributed by atoms with Crippen LogP contribution in [-0.4, -0.2) is 48.7 Å². The number of sulfonamides is 1. The molecule has 2 fully saturated rings. The molecule has 0 N–H and O–H groups in total. The number of hydrogen-bond donors (Lipinski definition) is 0. The van der Waals surface area contributed by atoms with Crippen LogP contribution in [0.15, 0.2) is 22.4 Å². The van der Waals surface area contributed by atoms with Crippen molar-refractivity contribution in [2.24, 2.45) is 0 Å². The van der Waals surface area contributed by atoms with Gasteiger partial charge in [0, 0.05) is 23.8 Å². The van der Waals surface area contributed by atoms with Gasteiger partial charge in [0.2, 0.25) is 5.91 Å². The van der Waals surface area contributed by atoms with Crippen molar-refractivity contribution in [3.63, 3.8) is 0 Å². The molecule has 0 aliphatic carbocycles. The number of piperazine rings is 1. The van der Waals surface area contributed by atoms with Gasteiger partial charge < -0.3 is 4.90 Å². The Kier molecular flexibility index (Phi) is 4.06. The summed E-state index contributed by atoms with van der Waals surface area (Å²) in [5.41, 5.74) is 1.15. The molecule has 0 spiro atoms. The Labute approximate surface area is 156 Å². The maximum absolute atomic E-state index is 13.4. The van der Waals surface area contributed by atoms with E-state index in [1.54, 1.807) is 32.0 Å². The van der Waals surface area contributed by atoms with Gasteiger partial charge in [0.1, 0.15) is 10.3 Å². The topological polar surface area (TPSA) is 81.5 Å². The number of rotatable bonds is 2. The lowest BCUT2D eigenvalue weighted by Crippen LogP contribution is -2.59. The second-order valence-corrected chi connectivity index (χ2v) is 10.1. The summed E-state index contributed by atoms with van der Waals surface area (Å²) in [4.78, 5) is 14.4. The Morgan fingerprint density at radius 3 is 2.85 bits per heavy atom. The predicted molar refractivity (Wildman–Crippen MR) is 99.4 cm³/mol. The van der Waals surface area contributed by atoms with Gasteiger partial charge >= 0.3 is 0 Å². The van der Waals surface area contributed by atoms with Crippen LogP contribution in [0, 0.1) is 18.3 Å². The van der Waals surface area contributed by atoms with Gasteiger partial charge in [-0.15, -0.1) is 11.3 Å². The van der Waals surface area contributed by atoms with Gasteiger partial charge in [0.25, 0.3) is 10.0 Å². The normalized spacial score (nSPS) is 24.0. The van der Waals surface area contributed by atoms with Gasteiger partial charge in [0.05, 0.1) is 11.6 Å². The highest BCUT2D eigenvalue weighted by atomic mass is 32.2. The number of nitrogens with zero attached hydrogens (tertiary/aromatic N) is 3. The van der Waals surface area contributed by atoms with Crippen molar-refractivity contribution >= 4 is 37.4 Å². The number of carbonyl (C=O) groups is 1. The highest BCUT2D eigenvalue weighted by Crippen LogP contribution is 2.38. The molecule has 136 valence electrons. The van der Waals surface area contributed by atoms with Gasteiger partial charge in [-0.25, -0.2) is 8.42 Å². The Balaban J connectivity index is 1.79. The van der Waals surface area contributed by atoms with Gasteiger partial charge in [-0.2, -0.15) is 9.57 Å². The number of fused-ring (bicyclic) bond motifs is 2. The number of hydrogen-bond acceptors (Lipinski definition) is 5. The summed E-state index contributed by atoms with van der Waals surface area (Å²) in [7, 11) is -3.77. The number of nitriles is 1. The summed E-state index contributed by atoms with van der Waals surface area (Å²) in [6.45, 7) is 4.52. The average Bonchev–Trinajstić information content (AvgIpc) is 3.22. The smallest absolute Gasteiger partial charge is 0.253 e. The van der Waals surface area contributed by atoms with E-state index < -0.39 is 16.1 Å². The van der Waals surface area contributed by atoms with Crippen molar-refractivity contribution in [2.45, 2.75) is 43.0 Å². The fourth-order valence-corrected chi connectivity index (χ4v) is 7.45. The molecule has 2 saturated heterocycles. The first kappa shape index (κ1) is 17.5. The molecule has 0 radical (unpaired) electrons. The van der Waals surface area contributed by atoms with Crippen molar-refractivity contribution in [2.75, 3.05) is 13.1 Å². The van der Waals surface area contributed by atoms with E-state index in [1.165, 1.54) is 15.6 Å². The molecular weight excluding hydrogens is 370 g/mol. The number of amides is 1. The third kappa shape index (κ3) is 2.46. The Hall–Kier alpha value is -1.95. The zero-order valence-electron chi connectivity index (χ0n) is 14.6. The molecule has 1 aromatic heterocycles. The van der Waals surface area contributed by atoms with Crippen LogP contribution in [0.1, 0.15) is 30.9 Å². The first-order valence-electron chi connectivity index (χ1n) is 8.60. The predicted octanol–water partition coefficient (Wildman–Crippen LogP) is 2.47. The van der Waals surface area contributed by atoms with E-state index in [4.69, 9.17) is 5.26 Å². The molecule has 0 saturated carbocycles. The third-order valence-corrected chi connectivity index (χ3v) is 9.21. The maximum Gasteiger partial charge on any atom is 0.253 e. The van der Waals surface area contributed by atoms with Crippen molar-refractivity contribution < 1.29 is 13.2 Å². The van der Waals surface area contributed by atoms with E-state index in [9.17, 15) is 13.2 Å². The lowest BCUT2D eigenvalue weighted by molar-refractivity contribution is -0.139. The Morgan fingerprint density at radius 2 is 2.12 bits per heavy atom. The molecular formula is C18H19N3O3S2. The number of carbonyl (C=O) groups excluding carboxylic acids is 1. The molecule has 2 aliphatic heterocycles. The molecule has 1 aromatic carbocycles. The largest absolute Gasteiger partial charge is 0.337 e. The summed E-state index contributed by atoms with van der Waals surface area (Å²) >= 11 is 1.21. The van der Waals surface area contributed by atoms with Crippen LogP contribution in [-0.2, 0) is 14.8 Å². The lowest BCUT2D eigenvalue weighted by atomic mass is 10.1. The summed E-state index contributed by atoms with van der Waals surface area (Å²) < 4.78 is 29.2. The third-order valence-electron chi connectivity index (χ3n) is 5.40. The fourth-order valence-electron chi connectivity index (χ4n) is 3.97. The molecule has 4 rings (SSSR count). The van der Waals surface area contributed by atoms with E-state index in [2.05, 4.69) is 6.07 Å². The number of thiophene rings is 1. The van der Waals surface area contributed by atoms with Crippen molar-refractivity contribution in [1.82, 2.24) is 9.21 Å². The molecule has 26 heavy (non-hydrogen) atoms. The number of benzene rings is 1. The van der Waals surface area contributed by atoms with Crippen LogP contribution in [0.2, 0.25) is 0 Å². The van der Waals surface area contributed by atoms with E-state index in [1.807, 2.05) is 4.90 Å². The molecule has 3 heterocycles. The first-order valence-corrected chi connectivity index (χ1v) is 10.9. The van der Waals surface area contributed by atoms with E-state index in [0.717, 1.165) is 29.5 Å². The van der Waals surface area contributed by atoms with Gasteiger partial charge in [-0.1, -0.05) is 0 Å². The quantitative estimate of drug-likeness (QED) is 0.790. The molecule has 1 amide bonds. The summed E-state index contributed by atoms with van der Waals surface area (Å²) in [6.07, 6.45) is 1.78. The van der Waals surface area contributed by atoms with Crippen LogP contribution < -0.4 is 0 Å². The molecule has 0 unspecified atom stereocenters. The number of aryl methyl sites for hydroxylation is 1. The Morgan fingerprint density at radius 1 is 1.35 bits per heavy atom. The molecule has 8 heteroatoms. The summed E-state index contributed by atoms with van der Waals surface area (Å²) in [5.74, 6) is -0.104. The average molecular weight is 390 g/mol. The fraction of sp³-hybridized carbons (Fsp3) is 0.444. The van der Waals surface area contributed by atoms with Gasteiger partial charge in [-0.3, -0.25) is 4.79 Å². The van der Waals surface area contributed by atoms with Crippen LogP contribution in [0.3, 0.4) is 0 Å². The molecule has 2 aromatic rings. The summed E-state index contributed by atoms with van der Waals surface area (Å²) in [6, 6.07) is 6.59. The minimum Gasteiger partial charge on any atom is -0.337 e. The zero-order valence-corrected chi connectivity index (χ0v) is 16.2. The standard InChI is InChI=1S/C18H19N3O3S2/c1-11-15-8-13(9-19)5-6-16(15)25-18(11)26(23,24)21-10-14-4-3-7-20(14)17(22)12(21)2/h5-6,8,12,14H,3-4,7,10H2,1-2H3/t12-,14-/m0/s1. The van der Waals surface area contributed by atoms with Gasteiger partial charge in [-0.05, 0) is 55.8 Å². The first-order chi connectivity index (χ1) is 12.3. The Bertz CT molecular complexity index is 1050. The minimum absolute atomic E-state index is 0.0200. The van der Waals surface area contributed by atoms with E-state index in [-0.39, 0.29) is 16.2 Å². The highest BCUT2D eigenvalue weighted by molar-refractivity contribution is 7.91. The lowest BCUT2D eigenvalue weighted by Gasteiger charge is -2.40. The van der Waals surface area contributed by atoms with E-state index >= 15 is 0 Å². The minimum atomic E-state index is -3.77. The summed E-state index contributed by atoms with van der Waals surface area (Å²) in [5, 5.41) is 9.88. The zero-order chi connectivity index (χ0) is 18.6. The second-order valence-electron chi connectivity index (χ2n) is 6.92. The van der Waals surface area contributed by atoms with Crippen LogP contribution in [0.5, 0.6) is 0 Å². The van der Waals surface area contributed by atoms with Crippen molar-refractivity contribution in [3.05, 3.63) is 29.3 Å². The van der Waals surface area contributed by atoms with Crippen molar-refractivity contribution in [3.8, 4) is 6.07 Å². The van der Waals surface area contributed by atoms with Crippen LogP contribution in [0.25, 0.3) is 10.1 Å². The molecule has 6 nitrogen and oxygen atoms in total. The van der Waals surface area contributed by atoms with E-state index in [0.29, 0.717) is 17.7 Å². The highest BCUT2D eigenvalue weighted by Gasteiger charge is 2.46. The maximum atomic E-state index is 13.4. The van der Waals surface area contributed by atoms with Crippen LogP contribution in [0.4, 0.5) is 0 Å². The molecule has 2 aliphatic rings. The van der Waals surface area contributed by atoms with Crippen molar-refractivity contribution in [1.29, 1.82) is 5.26 Å². The molecule has 2 atom stereocenters. The monoisotopic (exact) mass is 389 g/mol. The van der Waals surface area contributed by atoms with Gasteiger partial charge in [0.15, 0.2) is 0 Å². The van der Waals surface area contributed by atoms with Crippen LogP contribution >= 0.6 is 11.3 Å².